The second-order valence-electron chi connectivity index (χ2n) is 5.38. The number of benzene rings is 2. The van der Waals surface area contributed by atoms with Gasteiger partial charge in [-0.05, 0) is 18.6 Å². The SMILES string of the molecule is Cc1cccc(CSc2nnc(NC(=O)c3ccccc3[N+](=O)[O-])s2)c1. The predicted molar refractivity (Wildman–Crippen MR) is 102 cm³/mol. The van der Waals surface area contributed by atoms with Gasteiger partial charge in [-0.15, -0.1) is 10.2 Å². The number of hydrogen-bond acceptors (Lipinski definition) is 7. The second-order valence-corrected chi connectivity index (χ2v) is 7.58. The van der Waals surface area contributed by atoms with Gasteiger partial charge in [0.1, 0.15) is 5.56 Å². The van der Waals surface area contributed by atoms with Crippen molar-refractivity contribution < 1.29 is 9.72 Å². The molecule has 7 nitrogen and oxygen atoms in total. The van der Waals surface area contributed by atoms with Gasteiger partial charge >= 0.3 is 0 Å². The molecule has 9 heteroatoms. The average Bonchev–Trinajstić information content (AvgIpc) is 3.07. The maximum Gasteiger partial charge on any atom is 0.282 e. The Bertz CT molecular complexity index is 958. The minimum Gasteiger partial charge on any atom is -0.296 e. The molecule has 0 unspecified atom stereocenters. The number of para-hydroxylation sites is 1. The third-order valence-corrected chi connectivity index (χ3v) is 5.46. The van der Waals surface area contributed by atoms with Gasteiger partial charge in [0.2, 0.25) is 5.13 Å². The normalized spacial score (nSPS) is 10.5. The van der Waals surface area contributed by atoms with Crippen molar-refractivity contribution in [2.24, 2.45) is 0 Å². The van der Waals surface area contributed by atoms with E-state index in [0.29, 0.717) is 9.47 Å². The maximum absolute atomic E-state index is 12.3. The van der Waals surface area contributed by atoms with Crippen molar-refractivity contribution in [1.29, 1.82) is 0 Å². The lowest BCUT2D eigenvalue weighted by atomic mass is 10.1. The molecule has 0 fully saturated rings. The number of nitro benzene ring substituents is 1. The summed E-state index contributed by atoms with van der Waals surface area (Å²) < 4.78 is 0.712. The average molecular weight is 386 g/mol. The monoisotopic (exact) mass is 386 g/mol. The Morgan fingerprint density at radius 1 is 1.23 bits per heavy atom. The Morgan fingerprint density at radius 2 is 2.04 bits per heavy atom. The van der Waals surface area contributed by atoms with E-state index in [4.69, 9.17) is 0 Å². The summed E-state index contributed by atoms with van der Waals surface area (Å²) in [6, 6.07) is 14.0. The molecule has 0 saturated heterocycles. The molecule has 0 aliphatic heterocycles. The van der Waals surface area contributed by atoms with Gasteiger partial charge in [0, 0.05) is 11.8 Å². The number of rotatable bonds is 6. The highest BCUT2D eigenvalue weighted by molar-refractivity contribution is 8.00. The number of carbonyl (C=O) groups excluding carboxylic acids is 1. The first-order chi connectivity index (χ1) is 12.5. The highest BCUT2D eigenvalue weighted by Gasteiger charge is 2.20. The zero-order chi connectivity index (χ0) is 18.5. The van der Waals surface area contributed by atoms with E-state index in [0.717, 1.165) is 5.75 Å². The van der Waals surface area contributed by atoms with Gasteiger partial charge in [-0.3, -0.25) is 20.2 Å². The van der Waals surface area contributed by atoms with Crippen LogP contribution in [0, 0.1) is 17.0 Å². The van der Waals surface area contributed by atoms with Crippen LogP contribution in [0.5, 0.6) is 0 Å². The van der Waals surface area contributed by atoms with Crippen molar-refractivity contribution in [2.45, 2.75) is 17.0 Å². The number of carbonyl (C=O) groups is 1. The standard InChI is InChI=1S/C17H14N4O3S2/c1-11-5-4-6-12(9-11)10-25-17-20-19-16(26-17)18-15(22)13-7-2-3-8-14(13)21(23)24/h2-9H,10H2,1H3,(H,18,19,22). The number of hydrogen-bond donors (Lipinski definition) is 1. The van der Waals surface area contributed by atoms with Gasteiger partial charge in [0.05, 0.1) is 4.92 Å². The van der Waals surface area contributed by atoms with Crippen LogP contribution in [0.3, 0.4) is 0 Å². The molecule has 1 heterocycles. The summed E-state index contributed by atoms with van der Waals surface area (Å²) in [6.45, 7) is 2.04. The van der Waals surface area contributed by atoms with Crippen molar-refractivity contribution in [3.05, 3.63) is 75.3 Å². The molecule has 1 aromatic heterocycles. The van der Waals surface area contributed by atoms with E-state index in [1.807, 2.05) is 25.1 Å². The Labute approximate surface area is 157 Å². The van der Waals surface area contributed by atoms with Gasteiger partial charge in [0.15, 0.2) is 4.34 Å². The quantitative estimate of drug-likeness (QED) is 0.293. The van der Waals surface area contributed by atoms with E-state index in [2.05, 4.69) is 21.6 Å². The van der Waals surface area contributed by atoms with Crippen LogP contribution < -0.4 is 5.32 Å². The van der Waals surface area contributed by atoms with Gasteiger partial charge in [-0.25, -0.2) is 0 Å². The number of nitrogens with zero attached hydrogens (tertiary/aromatic N) is 3. The summed E-state index contributed by atoms with van der Waals surface area (Å²) in [5.41, 5.74) is 2.11. The lowest BCUT2D eigenvalue weighted by molar-refractivity contribution is -0.385. The van der Waals surface area contributed by atoms with E-state index in [-0.39, 0.29) is 11.3 Å². The number of nitrogens with one attached hydrogen (secondary N) is 1. The van der Waals surface area contributed by atoms with Gasteiger partial charge in [-0.1, -0.05) is 65.1 Å². The molecule has 1 N–H and O–H groups in total. The maximum atomic E-state index is 12.3. The van der Waals surface area contributed by atoms with Crippen molar-refractivity contribution in [1.82, 2.24) is 10.2 Å². The summed E-state index contributed by atoms with van der Waals surface area (Å²) in [6.07, 6.45) is 0. The molecule has 3 aromatic rings. The van der Waals surface area contributed by atoms with Gasteiger partial charge < -0.3 is 0 Å². The van der Waals surface area contributed by atoms with Crippen LogP contribution in [0.15, 0.2) is 52.9 Å². The summed E-state index contributed by atoms with van der Waals surface area (Å²) in [7, 11) is 0. The highest BCUT2D eigenvalue weighted by Crippen LogP contribution is 2.29. The number of thioether (sulfide) groups is 1. The van der Waals surface area contributed by atoms with E-state index in [1.165, 1.54) is 52.4 Å². The van der Waals surface area contributed by atoms with E-state index in [9.17, 15) is 14.9 Å². The molecular weight excluding hydrogens is 372 g/mol. The number of nitro groups is 1. The summed E-state index contributed by atoms with van der Waals surface area (Å²) in [4.78, 5) is 22.7. The number of anilines is 1. The molecular formula is C17H14N4O3S2. The predicted octanol–water partition coefficient (Wildman–Crippen LogP) is 4.30. The first-order valence-electron chi connectivity index (χ1n) is 7.59. The molecule has 3 rings (SSSR count). The number of amides is 1. The molecule has 0 aliphatic rings. The fourth-order valence-corrected chi connectivity index (χ4v) is 3.94. The molecule has 132 valence electrons. The zero-order valence-electron chi connectivity index (χ0n) is 13.7. The summed E-state index contributed by atoms with van der Waals surface area (Å²) in [5, 5.41) is 21.9. The highest BCUT2D eigenvalue weighted by atomic mass is 32.2. The Hall–Kier alpha value is -2.78. The van der Waals surface area contributed by atoms with Crippen LogP contribution in [-0.2, 0) is 5.75 Å². The van der Waals surface area contributed by atoms with E-state index in [1.54, 1.807) is 6.07 Å². The Balaban J connectivity index is 1.65. The lowest BCUT2D eigenvalue weighted by Gasteiger charge is -2.02. The van der Waals surface area contributed by atoms with Crippen LogP contribution in [0.2, 0.25) is 0 Å². The molecule has 0 saturated carbocycles. The van der Waals surface area contributed by atoms with Crippen molar-refractivity contribution >= 4 is 39.8 Å². The fraction of sp³-hybridized carbons (Fsp3) is 0.118. The summed E-state index contributed by atoms with van der Waals surface area (Å²) in [5.74, 6) is 0.165. The number of aromatic nitrogens is 2. The van der Waals surface area contributed by atoms with E-state index < -0.39 is 10.8 Å². The molecule has 26 heavy (non-hydrogen) atoms. The van der Waals surface area contributed by atoms with Crippen molar-refractivity contribution in [3.8, 4) is 0 Å². The molecule has 1 amide bonds. The van der Waals surface area contributed by atoms with Crippen LogP contribution in [-0.4, -0.2) is 21.0 Å². The molecule has 0 radical (unpaired) electrons. The fourth-order valence-electron chi connectivity index (χ4n) is 2.25. The molecule has 0 aliphatic carbocycles. The minimum absolute atomic E-state index is 0.0123. The zero-order valence-corrected chi connectivity index (χ0v) is 15.3. The molecule has 0 spiro atoms. The van der Waals surface area contributed by atoms with Crippen LogP contribution in [0.1, 0.15) is 21.5 Å². The molecule has 2 aromatic carbocycles. The Morgan fingerprint density at radius 3 is 2.81 bits per heavy atom. The van der Waals surface area contributed by atoms with Gasteiger partial charge in [-0.2, -0.15) is 0 Å². The second kappa shape index (κ2) is 8.07. The topological polar surface area (TPSA) is 98.0 Å². The molecule has 0 bridgehead atoms. The first-order valence-corrected chi connectivity index (χ1v) is 9.40. The first kappa shape index (κ1) is 18.0. The number of aryl methyl sites for hydroxylation is 1. The third-order valence-electron chi connectivity index (χ3n) is 3.42. The largest absolute Gasteiger partial charge is 0.296 e. The molecule has 0 atom stereocenters. The lowest BCUT2D eigenvalue weighted by Crippen LogP contribution is -2.13. The van der Waals surface area contributed by atoms with Crippen molar-refractivity contribution in [2.75, 3.05) is 5.32 Å². The van der Waals surface area contributed by atoms with Crippen LogP contribution in [0.25, 0.3) is 0 Å². The Kier molecular flexibility index (Phi) is 5.59. The smallest absolute Gasteiger partial charge is 0.282 e. The van der Waals surface area contributed by atoms with Gasteiger partial charge in [0.25, 0.3) is 11.6 Å². The van der Waals surface area contributed by atoms with Crippen LogP contribution >= 0.6 is 23.1 Å². The van der Waals surface area contributed by atoms with E-state index >= 15 is 0 Å². The van der Waals surface area contributed by atoms with Crippen LogP contribution in [0.4, 0.5) is 10.8 Å². The summed E-state index contributed by atoms with van der Waals surface area (Å²) >= 11 is 2.75. The third kappa shape index (κ3) is 4.44. The van der Waals surface area contributed by atoms with Crippen molar-refractivity contribution in [3.63, 3.8) is 0 Å². The minimum atomic E-state index is -0.585.